The maximum atomic E-state index is 12.1. The Balaban J connectivity index is 2.10. The third-order valence-corrected chi connectivity index (χ3v) is 4.27. The number of aryl methyl sites for hydroxylation is 1. The molecule has 1 aromatic carbocycles. The Morgan fingerprint density at radius 2 is 1.84 bits per heavy atom. The van der Waals surface area contributed by atoms with Gasteiger partial charge in [0.2, 0.25) is 0 Å². The molecule has 0 aliphatic carbocycles. The van der Waals surface area contributed by atoms with Crippen molar-refractivity contribution in [3.63, 3.8) is 0 Å². The monoisotopic (exact) mass is 286 g/mol. The lowest BCUT2D eigenvalue weighted by molar-refractivity contribution is 0.00829. The van der Waals surface area contributed by atoms with Gasteiger partial charge in [-0.15, -0.1) is 0 Å². The summed E-state index contributed by atoms with van der Waals surface area (Å²) in [7, 11) is -3.77. The van der Waals surface area contributed by atoms with E-state index in [0.717, 1.165) is 5.56 Å². The van der Waals surface area contributed by atoms with E-state index in [0.29, 0.717) is 13.2 Å². The molecular formula is C13H18O5S. The maximum absolute atomic E-state index is 12.1. The largest absolute Gasteiger partial charge is 0.376 e. The Kier molecular flexibility index (Phi) is 4.57. The number of ether oxygens (including phenoxy) is 2. The number of hydrogen-bond acceptors (Lipinski definition) is 5. The van der Waals surface area contributed by atoms with Gasteiger partial charge in [0.1, 0.15) is 12.2 Å². The van der Waals surface area contributed by atoms with E-state index < -0.39 is 16.2 Å². The fourth-order valence-corrected chi connectivity index (χ4v) is 2.98. The molecule has 6 heteroatoms. The van der Waals surface area contributed by atoms with Crippen LogP contribution in [0.25, 0.3) is 0 Å². The average molecular weight is 286 g/mol. The second-order valence-corrected chi connectivity index (χ2v) is 6.01. The molecule has 1 aliphatic heterocycles. The zero-order valence-electron chi connectivity index (χ0n) is 11.0. The Bertz CT molecular complexity index is 508. The highest BCUT2D eigenvalue weighted by molar-refractivity contribution is 7.86. The predicted molar refractivity (Wildman–Crippen MR) is 69.5 cm³/mol. The molecule has 19 heavy (non-hydrogen) atoms. The molecule has 0 radical (unpaired) electrons. The van der Waals surface area contributed by atoms with Gasteiger partial charge in [0.15, 0.2) is 0 Å². The molecule has 1 aliphatic rings. The van der Waals surface area contributed by atoms with Crippen molar-refractivity contribution < 1.29 is 22.1 Å². The van der Waals surface area contributed by atoms with Crippen LogP contribution in [0.4, 0.5) is 0 Å². The van der Waals surface area contributed by atoms with Gasteiger partial charge in [0, 0.05) is 6.61 Å². The van der Waals surface area contributed by atoms with E-state index in [4.69, 9.17) is 13.7 Å². The molecule has 0 spiro atoms. The number of rotatable bonds is 5. The fourth-order valence-electron chi connectivity index (χ4n) is 1.90. The maximum Gasteiger partial charge on any atom is 0.297 e. The first-order valence-electron chi connectivity index (χ1n) is 6.22. The van der Waals surface area contributed by atoms with Gasteiger partial charge in [-0.05, 0) is 26.0 Å². The van der Waals surface area contributed by atoms with Crippen LogP contribution >= 0.6 is 0 Å². The van der Waals surface area contributed by atoms with Gasteiger partial charge in [-0.3, -0.25) is 4.18 Å². The van der Waals surface area contributed by atoms with Gasteiger partial charge in [-0.25, -0.2) is 0 Å². The summed E-state index contributed by atoms with van der Waals surface area (Å²) in [4.78, 5) is 0.153. The quantitative estimate of drug-likeness (QED) is 0.768. The molecule has 0 N–H and O–H groups in total. The van der Waals surface area contributed by atoms with Crippen molar-refractivity contribution in [2.24, 2.45) is 0 Å². The van der Waals surface area contributed by atoms with Crippen molar-refractivity contribution in [3.8, 4) is 0 Å². The normalized spacial score (nSPS) is 23.7. The smallest absolute Gasteiger partial charge is 0.297 e. The summed E-state index contributed by atoms with van der Waals surface area (Å²) in [6.07, 6.45) is -0.906. The molecule has 106 valence electrons. The van der Waals surface area contributed by atoms with Crippen LogP contribution in [0.5, 0.6) is 0 Å². The molecule has 0 saturated carbocycles. The van der Waals surface area contributed by atoms with E-state index in [1.54, 1.807) is 12.1 Å². The van der Waals surface area contributed by atoms with Gasteiger partial charge in [-0.1, -0.05) is 17.7 Å². The van der Waals surface area contributed by atoms with Crippen LogP contribution in [0, 0.1) is 6.92 Å². The second-order valence-electron chi connectivity index (χ2n) is 4.43. The van der Waals surface area contributed by atoms with Gasteiger partial charge >= 0.3 is 0 Å². The summed E-state index contributed by atoms with van der Waals surface area (Å²) in [5.74, 6) is 0. The number of hydrogen-bond donors (Lipinski definition) is 0. The van der Waals surface area contributed by atoms with Gasteiger partial charge in [0.05, 0.1) is 18.1 Å². The second kappa shape index (κ2) is 6.00. The molecule has 2 rings (SSSR count). The molecule has 0 bridgehead atoms. The van der Waals surface area contributed by atoms with Crippen LogP contribution in [-0.4, -0.2) is 40.4 Å². The van der Waals surface area contributed by atoms with Gasteiger partial charge in [0.25, 0.3) is 10.1 Å². The minimum absolute atomic E-state index is 0.153. The fraction of sp³-hybridized carbons (Fsp3) is 0.538. The van der Waals surface area contributed by atoms with E-state index in [1.165, 1.54) is 12.1 Å². The molecule has 0 amide bonds. The lowest BCUT2D eigenvalue weighted by Crippen LogP contribution is -2.32. The van der Waals surface area contributed by atoms with Crippen LogP contribution in [0.3, 0.4) is 0 Å². The first-order valence-corrected chi connectivity index (χ1v) is 7.63. The van der Waals surface area contributed by atoms with Crippen LogP contribution in [0.2, 0.25) is 0 Å². The third-order valence-electron chi connectivity index (χ3n) is 2.92. The topological polar surface area (TPSA) is 61.8 Å². The number of benzene rings is 1. The summed E-state index contributed by atoms with van der Waals surface area (Å²) < 4.78 is 40.1. The summed E-state index contributed by atoms with van der Waals surface area (Å²) >= 11 is 0. The average Bonchev–Trinajstić information content (AvgIpc) is 2.77. The molecule has 5 nitrogen and oxygen atoms in total. The zero-order valence-corrected chi connectivity index (χ0v) is 11.9. The minimum Gasteiger partial charge on any atom is -0.376 e. The van der Waals surface area contributed by atoms with Crippen molar-refractivity contribution in [2.75, 3.05) is 19.8 Å². The van der Waals surface area contributed by atoms with E-state index >= 15 is 0 Å². The van der Waals surface area contributed by atoms with Crippen LogP contribution in [0.15, 0.2) is 29.2 Å². The van der Waals surface area contributed by atoms with Crippen LogP contribution in [-0.2, 0) is 23.8 Å². The van der Waals surface area contributed by atoms with Crippen molar-refractivity contribution in [1.82, 2.24) is 0 Å². The molecule has 1 aromatic rings. The lowest BCUT2D eigenvalue weighted by atomic mass is 10.2. The van der Waals surface area contributed by atoms with Crippen molar-refractivity contribution >= 4 is 10.1 Å². The summed E-state index contributed by atoms with van der Waals surface area (Å²) in [5.41, 5.74) is 0.996. The standard InChI is InChI=1S/C13H18O5S/c1-3-17-12-8-16-9-13(12)18-19(14,15)11-6-4-10(2)5-7-11/h4-7,12-13H,3,8-9H2,1-2H3/t12-,13+/m1/s1. The highest BCUT2D eigenvalue weighted by Gasteiger charge is 2.34. The molecule has 0 aromatic heterocycles. The zero-order chi connectivity index (χ0) is 13.9. The minimum atomic E-state index is -3.77. The van der Waals surface area contributed by atoms with Gasteiger partial charge in [-0.2, -0.15) is 8.42 Å². The first-order chi connectivity index (χ1) is 9.03. The molecule has 2 atom stereocenters. The SMILES string of the molecule is CCO[C@@H]1COC[C@@H]1OS(=O)(=O)c1ccc(C)cc1. The van der Waals surface area contributed by atoms with Crippen molar-refractivity contribution in [1.29, 1.82) is 0 Å². The summed E-state index contributed by atoms with van der Waals surface area (Å²) in [6, 6.07) is 6.55. The Morgan fingerprint density at radius 3 is 2.47 bits per heavy atom. The van der Waals surface area contributed by atoms with E-state index in [-0.39, 0.29) is 17.6 Å². The highest BCUT2D eigenvalue weighted by atomic mass is 32.2. The molecule has 1 fully saturated rings. The third kappa shape index (κ3) is 3.54. The van der Waals surface area contributed by atoms with E-state index in [9.17, 15) is 8.42 Å². The van der Waals surface area contributed by atoms with Crippen molar-refractivity contribution in [2.45, 2.75) is 31.0 Å². The van der Waals surface area contributed by atoms with E-state index in [2.05, 4.69) is 0 Å². The molecule has 0 unspecified atom stereocenters. The summed E-state index contributed by atoms with van der Waals surface area (Å²) in [5, 5.41) is 0. The first kappa shape index (κ1) is 14.5. The molecule has 1 saturated heterocycles. The van der Waals surface area contributed by atoms with E-state index in [1.807, 2.05) is 13.8 Å². The molecule has 1 heterocycles. The van der Waals surface area contributed by atoms with Crippen LogP contribution < -0.4 is 0 Å². The summed E-state index contributed by atoms with van der Waals surface area (Å²) in [6.45, 7) is 4.84. The Hall–Kier alpha value is -0.950. The Labute approximate surface area is 113 Å². The lowest BCUT2D eigenvalue weighted by Gasteiger charge is -2.17. The Morgan fingerprint density at radius 1 is 1.21 bits per heavy atom. The van der Waals surface area contributed by atoms with Crippen molar-refractivity contribution in [3.05, 3.63) is 29.8 Å². The predicted octanol–water partition coefficient (Wildman–Crippen LogP) is 1.50. The van der Waals surface area contributed by atoms with Crippen LogP contribution in [0.1, 0.15) is 12.5 Å². The van der Waals surface area contributed by atoms with Gasteiger partial charge < -0.3 is 9.47 Å². The molecular weight excluding hydrogens is 268 g/mol. The highest BCUT2D eigenvalue weighted by Crippen LogP contribution is 2.20.